The fourth-order valence-electron chi connectivity index (χ4n) is 1.52. The summed E-state index contributed by atoms with van der Waals surface area (Å²) in [5.74, 6) is -0.679. The van der Waals surface area contributed by atoms with E-state index in [2.05, 4.69) is 0 Å². The van der Waals surface area contributed by atoms with Gasteiger partial charge in [0.15, 0.2) is 5.78 Å². The zero-order valence-corrected chi connectivity index (χ0v) is 9.58. The maximum Gasteiger partial charge on any atom is 0.416 e. The summed E-state index contributed by atoms with van der Waals surface area (Å²) < 4.78 is 37.0. The molecule has 0 aromatic heterocycles. The van der Waals surface area contributed by atoms with Crippen molar-refractivity contribution >= 4 is 5.78 Å². The Bertz CT molecular complexity index is 395. The van der Waals surface area contributed by atoms with Crippen LogP contribution < -0.4 is 5.73 Å². The molecule has 1 rings (SSSR count). The Balaban J connectivity index is 2.92. The van der Waals surface area contributed by atoms with Crippen LogP contribution >= 0.6 is 0 Å². The molecule has 1 aromatic rings. The van der Waals surface area contributed by atoms with Crippen LogP contribution in [0.3, 0.4) is 0 Å². The number of halogens is 3. The molecule has 2 nitrogen and oxygen atoms in total. The molecule has 0 fully saturated rings. The van der Waals surface area contributed by atoms with Crippen LogP contribution in [-0.4, -0.2) is 11.8 Å². The van der Waals surface area contributed by atoms with Gasteiger partial charge >= 0.3 is 6.18 Å². The van der Waals surface area contributed by atoms with Crippen LogP contribution in [0.4, 0.5) is 13.2 Å². The average Bonchev–Trinajstić information content (AvgIpc) is 2.26. The maximum atomic E-state index is 12.3. The minimum atomic E-state index is -4.35. The Labute approximate surface area is 97.6 Å². The molecule has 0 spiro atoms. The Hall–Kier alpha value is -1.36. The van der Waals surface area contributed by atoms with Crippen LogP contribution in [0.2, 0.25) is 0 Å². The number of carbonyl (C=O) groups is 1. The average molecular weight is 245 g/mol. The third kappa shape index (κ3) is 3.30. The summed E-state index contributed by atoms with van der Waals surface area (Å²) in [5, 5.41) is 0. The Morgan fingerprint density at radius 3 is 2.00 bits per heavy atom. The van der Waals surface area contributed by atoms with Gasteiger partial charge in [0, 0.05) is 5.92 Å². The molecule has 0 saturated carbocycles. The van der Waals surface area contributed by atoms with E-state index in [0.717, 1.165) is 12.1 Å². The molecule has 2 atom stereocenters. The van der Waals surface area contributed by atoms with E-state index in [1.807, 2.05) is 0 Å². The number of benzene rings is 1. The molecular formula is C12H14F3NO. The van der Waals surface area contributed by atoms with Crippen molar-refractivity contribution in [2.75, 3.05) is 0 Å². The molecule has 5 heteroatoms. The molecule has 0 aliphatic carbocycles. The van der Waals surface area contributed by atoms with E-state index in [-0.39, 0.29) is 5.78 Å². The highest BCUT2D eigenvalue weighted by molar-refractivity contribution is 5.89. The van der Waals surface area contributed by atoms with Crippen molar-refractivity contribution in [2.24, 2.45) is 5.73 Å². The summed E-state index contributed by atoms with van der Waals surface area (Å²) in [6.07, 6.45) is -4.35. The Morgan fingerprint density at radius 2 is 1.65 bits per heavy atom. The van der Waals surface area contributed by atoms with Crippen LogP contribution in [0.5, 0.6) is 0 Å². The van der Waals surface area contributed by atoms with E-state index in [1.165, 1.54) is 12.1 Å². The lowest BCUT2D eigenvalue weighted by Crippen LogP contribution is -2.30. The van der Waals surface area contributed by atoms with Crippen molar-refractivity contribution in [3.8, 4) is 0 Å². The Morgan fingerprint density at radius 1 is 1.18 bits per heavy atom. The fraction of sp³-hybridized carbons (Fsp3) is 0.417. The number of Topliss-reactive ketones (excluding diaryl/α,β-unsaturated/α-hetero) is 1. The molecule has 2 N–H and O–H groups in total. The molecule has 0 heterocycles. The molecule has 0 radical (unpaired) electrons. The summed E-state index contributed by atoms with van der Waals surface area (Å²) in [7, 11) is 0. The minimum Gasteiger partial charge on any atom is -0.322 e. The van der Waals surface area contributed by atoms with E-state index >= 15 is 0 Å². The van der Waals surface area contributed by atoms with Crippen LogP contribution in [0.1, 0.15) is 30.9 Å². The summed E-state index contributed by atoms with van der Waals surface area (Å²) in [6.45, 7) is 3.19. The summed E-state index contributed by atoms with van der Waals surface area (Å²) >= 11 is 0. The molecule has 2 unspecified atom stereocenters. The lowest BCUT2D eigenvalue weighted by molar-refractivity contribution is -0.137. The number of nitrogens with two attached hydrogens (primary N) is 1. The molecule has 0 amide bonds. The van der Waals surface area contributed by atoms with Crippen molar-refractivity contribution in [1.29, 1.82) is 0 Å². The van der Waals surface area contributed by atoms with Gasteiger partial charge in [-0.15, -0.1) is 0 Å². The Kier molecular flexibility index (Phi) is 3.93. The topological polar surface area (TPSA) is 43.1 Å². The highest BCUT2D eigenvalue weighted by Crippen LogP contribution is 2.30. The van der Waals surface area contributed by atoms with E-state index < -0.39 is 23.7 Å². The molecule has 94 valence electrons. The molecule has 0 saturated heterocycles. The fourth-order valence-corrected chi connectivity index (χ4v) is 1.52. The zero-order valence-electron chi connectivity index (χ0n) is 9.58. The zero-order chi connectivity index (χ0) is 13.2. The SMILES string of the molecule is CC(N)C(=O)C(C)c1ccc(C(F)(F)F)cc1. The van der Waals surface area contributed by atoms with Gasteiger partial charge in [0.05, 0.1) is 11.6 Å². The van der Waals surface area contributed by atoms with E-state index in [9.17, 15) is 18.0 Å². The molecule has 0 aliphatic rings. The third-order valence-corrected chi connectivity index (χ3v) is 2.61. The predicted octanol–water partition coefficient (Wildman–Crippen LogP) is 2.73. The summed E-state index contributed by atoms with van der Waals surface area (Å²) in [4.78, 5) is 11.6. The van der Waals surface area contributed by atoms with Gasteiger partial charge in [-0.2, -0.15) is 13.2 Å². The second kappa shape index (κ2) is 4.87. The van der Waals surface area contributed by atoms with Gasteiger partial charge in [-0.05, 0) is 24.6 Å². The molecule has 1 aromatic carbocycles. The van der Waals surface area contributed by atoms with E-state index in [0.29, 0.717) is 5.56 Å². The van der Waals surface area contributed by atoms with Gasteiger partial charge in [0.25, 0.3) is 0 Å². The number of carbonyl (C=O) groups excluding carboxylic acids is 1. The summed E-state index contributed by atoms with van der Waals surface area (Å²) in [6, 6.07) is 3.95. The molecule has 17 heavy (non-hydrogen) atoms. The lowest BCUT2D eigenvalue weighted by Gasteiger charge is -2.14. The highest BCUT2D eigenvalue weighted by Gasteiger charge is 2.30. The van der Waals surface area contributed by atoms with Gasteiger partial charge in [-0.25, -0.2) is 0 Å². The number of hydrogen-bond donors (Lipinski definition) is 1. The van der Waals surface area contributed by atoms with Crippen molar-refractivity contribution in [3.63, 3.8) is 0 Å². The maximum absolute atomic E-state index is 12.3. The van der Waals surface area contributed by atoms with Gasteiger partial charge in [0.1, 0.15) is 0 Å². The van der Waals surface area contributed by atoms with Crippen LogP contribution in [0.25, 0.3) is 0 Å². The molecular weight excluding hydrogens is 231 g/mol. The number of ketones is 1. The first-order chi connectivity index (χ1) is 7.73. The number of alkyl halides is 3. The smallest absolute Gasteiger partial charge is 0.322 e. The predicted molar refractivity (Wildman–Crippen MR) is 58.5 cm³/mol. The van der Waals surface area contributed by atoms with Gasteiger partial charge in [-0.3, -0.25) is 4.79 Å². The van der Waals surface area contributed by atoms with Crippen LogP contribution in [-0.2, 0) is 11.0 Å². The molecule has 0 bridgehead atoms. The first-order valence-corrected chi connectivity index (χ1v) is 5.20. The first kappa shape index (κ1) is 13.7. The van der Waals surface area contributed by atoms with Crippen LogP contribution in [0, 0.1) is 0 Å². The molecule has 0 aliphatic heterocycles. The van der Waals surface area contributed by atoms with Crippen molar-refractivity contribution in [1.82, 2.24) is 0 Å². The van der Waals surface area contributed by atoms with Gasteiger partial charge in [0.2, 0.25) is 0 Å². The quantitative estimate of drug-likeness (QED) is 0.889. The monoisotopic (exact) mass is 245 g/mol. The van der Waals surface area contributed by atoms with E-state index in [4.69, 9.17) is 5.73 Å². The largest absolute Gasteiger partial charge is 0.416 e. The van der Waals surface area contributed by atoms with Gasteiger partial charge < -0.3 is 5.73 Å². The first-order valence-electron chi connectivity index (χ1n) is 5.20. The van der Waals surface area contributed by atoms with Crippen molar-refractivity contribution in [3.05, 3.63) is 35.4 Å². The number of hydrogen-bond acceptors (Lipinski definition) is 2. The van der Waals surface area contributed by atoms with Gasteiger partial charge in [-0.1, -0.05) is 19.1 Å². The van der Waals surface area contributed by atoms with Crippen LogP contribution in [0.15, 0.2) is 24.3 Å². The standard InChI is InChI=1S/C12H14F3NO/c1-7(11(17)8(2)16)9-3-5-10(6-4-9)12(13,14)15/h3-8H,16H2,1-2H3. The minimum absolute atomic E-state index is 0.190. The third-order valence-electron chi connectivity index (χ3n) is 2.61. The second-order valence-electron chi connectivity index (χ2n) is 4.03. The van der Waals surface area contributed by atoms with Crippen molar-refractivity contribution in [2.45, 2.75) is 32.0 Å². The van der Waals surface area contributed by atoms with E-state index in [1.54, 1.807) is 13.8 Å². The normalized spacial score (nSPS) is 15.4. The second-order valence-corrected chi connectivity index (χ2v) is 4.03. The summed E-state index contributed by atoms with van der Waals surface area (Å²) in [5.41, 5.74) is 5.27. The highest BCUT2D eigenvalue weighted by atomic mass is 19.4. The lowest BCUT2D eigenvalue weighted by atomic mass is 9.93. The van der Waals surface area contributed by atoms with Crippen molar-refractivity contribution < 1.29 is 18.0 Å². The number of rotatable bonds is 3.